The average Bonchev–Trinajstić information content (AvgIpc) is 2.65. The van der Waals surface area contributed by atoms with Crippen LogP contribution < -0.4 is 5.32 Å². The maximum Gasteiger partial charge on any atom is 0.307 e. The molecule has 0 bridgehead atoms. The van der Waals surface area contributed by atoms with Crippen molar-refractivity contribution in [1.82, 2.24) is 5.32 Å². The summed E-state index contributed by atoms with van der Waals surface area (Å²) in [7, 11) is -3.55. The second kappa shape index (κ2) is 9.88. The van der Waals surface area contributed by atoms with E-state index in [-0.39, 0.29) is 23.0 Å². The zero-order chi connectivity index (χ0) is 19.9. The van der Waals surface area contributed by atoms with Gasteiger partial charge in [0.1, 0.15) is 0 Å². The van der Waals surface area contributed by atoms with Gasteiger partial charge < -0.3 is 10.1 Å². The molecule has 6 nitrogen and oxygen atoms in total. The Labute approximate surface area is 161 Å². The molecule has 1 aliphatic rings. The second-order valence-electron chi connectivity index (χ2n) is 7.26. The van der Waals surface area contributed by atoms with Crippen LogP contribution in [0, 0.1) is 12.8 Å². The number of hydrogen-bond acceptors (Lipinski definition) is 5. The highest BCUT2D eigenvalue weighted by molar-refractivity contribution is 7.91. The number of ether oxygens (including phenoxy) is 1. The Balaban J connectivity index is 1.75. The number of rotatable bonds is 8. The molecule has 0 aliphatic heterocycles. The van der Waals surface area contributed by atoms with Crippen LogP contribution in [0.15, 0.2) is 29.2 Å². The molecule has 7 heteroatoms. The average molecular weight is 396 g/mol. The first-order chi connectivity index (χ1) is 12.8. The highest BCUT2D eigenvalue weighted by atomic mass is 32.2. The summed E-state index contributed by atoms with van der Waals surface area (Å²) in [6.45, 7) is 3.97. The zero-order valence-electron chi connectivity index (χ0n) is 16.1. The van der Waals surface area contributed by atoms with Crippen molar-refractivity contribution in [2.75, 3.05) is 12.3 Å². The maximum absolute atomic E-state index is 12.3. The fraction of sp³-hybridized carbons (Fsp3) is 0.600. The number of aryl methyl sites for hydroxylation is 1. The molecule has 1 aliphatic carbocycles. The van der Waals surface area contributed by atoms with Crippen molar-refractivity contribution >= 4 is 21.7 Å². The quantitative estimate of drug-likeness (QED) is 0.684. The molecule has 1 aromatic carbocycles. The fourth-order valence-electron chi connectivity index (χ4n) is 3.17. The lowest BCUT2D eigenvalue weighted by molar-refractivity contribution is -0.154. The van der Waals surface area contributed by atoms with Gasteiger partial charge in [-0.05, 0) is 44.7 Å². The summed E-state index contributed by atoms with van der Waals surface area (Å²) >= 11 is 0. The monoisotopic (exact) mass is 395 g/mol. The predicted octanol–water partition coefficient (Wildman–Crippen LogP) is 2.79. The first-order valence-corrected chi connectivity index (χ1v) is 11.2. The third kappa shape index (κ3) is 6.97. The molecule has 0 saturated heterocycles. The molecular formula is C20H29NO5S. The molecule has 1 fully saturated rings. The van der Waals surface area contributed by atoms with Gasteiger partial charge in [0.2, 0.25) is 0 Å². The van der Waals surface area contributed by atoms with Crippen LogP contribution in [-0.4, -0.2) is 38.7 Å². The lowest BCUT2D eigenvalue weighted by Crippen LogP contribution is -2.38. The minimum absolute atomic E-state index is 0.180. The Morgan fingerprint density at radius 1 is 1.15 bits per heavy atom. The van der Waals surface area contributed by atoms with Gasteiger partial charge in [0.25, 0.3) is 5.91 Å². The van der Waals surface area contributed by atoms with Gasteiger partial charge in [0.05, 0.1) is 17.1 Å². The number of nitrogens with one attached hydrogen (secondary N) is 1. The molecule has 0 spiro atoms. The third-order valence-corrected chi connectivity index (χ3v) is 6.65. The van der Waals surface area contributed by atoms with Crippen LogP contribution in [-0.2, 0) is 24.2 Å². The number of esters is 1. The summed E-state index contributed by atoms with van der Waals surface area (Å²) in [5.74, 6) is -0.878. The molecule has 0 aromatic heterocycles. The van der Waals surface area contributed by atoms with Gasteiger partial charge in [0.15, 0.2) is 15.9 Å². The van der Waals surface area contributed by atoms with Crippen LogP contribution >= 0.6 is 0 Å². The van der Waals surface area contributed by atoms with Crippen molar-refractivity contribution in [3.8, 4) is 0 Å². The molecule has 1 N–H and O–H groups in total. The SMILES string of the molecule is Cc1ccc(S(=O)(=O)CCC(=O)OC(C)C(=O)NCC2CCCCC2)cc1. The molecular weight excluding hydrogens is 366 g/mol. The summed E-state index contributed by atoms with van der Waals surface area (Å²) < 4.78 is 29.6. The van der Waals surface area contributed by atoms with Gasteiger partial charge >= 0.3 is 5.97 Å². The van der Waals surface area contributed by atoms with E-state index < -0.39 is 21.9 Å². The van der Waals surface area contributed by atoms with Gasteiger partial charge in [-0.1, -0.05) is 37.0 Å². The minimum Gasteiger partial charge on any atom is -0.453 e. The smallest absolute Gasteiger partial charge is 0.307 e. The van der Waals surface area contributed by atoms with E-state index in [0.717, 1.165) is 18.4 Å². The van der Waals surface area contributed by atoms with Crippen LogP contribution in [0.25, 0.3) is 0 Å². The minimum atomic E-state index is -3.55. The Morgan fingerprint density at radius 3 is 2.41 bits per heavy atom. The number of carbonyl (C=O) groups excluding carboxylic acids is 2. The second-order valence-corrected chi connectivity index (χ2v) is 9.37. The third-order valence-electron chi connectivity index (χ3n) is 4.92. The van der Waals surface area contributed by atoms with Crippen molar-refractivity contribution in [2.45, 2.75) is 63.4 Å². The normalized spacial score (nSPS) is 16.5. The summed E-state index contributed by atoms with van der Waals surface area (Å²) in [5.41, 5.74) is 0.960. The van der Waals surface area contributed by atoms with Gasteiger partial charge in [0, 0.05) is 6.54 Å². The largest absolute Gasteiger partial charge is 0.453 e. The molecule has 150 valence electrons. The summed E-state index contributed by atoms with van der Waals surface area (Å²) in [6, 6.07) is 6.47. The molecule has 0 radical (unpaired) electrons. The topological polar surface area (TPSA) is 89.5 Å². The number of carbonyl (C=O) groups is 2. The van der Waals surface area contributed by atoms with E-state index in [2.05, 4.69) is 5.32 Å². The molecule has 0 heterocycles. The molecule has 2 rings (SSSR count). The predicted molar refractivity (Wildman–Crippen MR) is 103 cm³/mol. The summed E-state index contributed by atoms with van der Waals surface area (Å²) in [6.07, 6.45) is 4.67. The van der Waals surface area contributed by atoms with E-state index in [9.17, 15) is 18.0 Å². The van der Waals surface area contributed by atoms with Gasteiger partial charge in [-0.3, -0.25) is 9.59 Å². The zero-order valence-corrected chi connectivity index (χ0v) is 16.9. The van der Waals surface area contributed by atoms with Crippen LogP contribution in [0.1, 0.15) is 51.0 Å². The van der Waals surface area contributed by atoms with Crippen molar-refractivity contribution in [1.29, 1.82) is 0 Å². The van der Waals surface area contributed by atoms with Gasteiger partial charge in [-0.25, -0.2) is 8.42 Å². The number of sulfone groups is 1. The maximum atomic E-state index is 12.3. The highest BCUT2D eigenvalue weighted by Crippen LogP contribution is 2.22. The van der Waals surface area contributed by atoms with Crippen molar-refractivity contribution in [3.05, 3.63) is 29.8 Å². The number of benzene rings is 1. The molecule has 1 unspecified atom stereocenters. The Morgan fingerprint density at radius 2 is 1.78 bits per heavy atom. The summed E-state index contributed by atoms with van der Waals surface area (Å²) in [4.78, 5) is 24.2. The van der Waals surface area contributed by atoms with Crippen LogP contribution in [0.4, 0.5) is 0 Å². The molecule has 1 amide bonds. The van der Waals surface area contributed by atoms with E-state index in [4.69, 9.17) is 4.74 Å². The van der Waals surface area contributed by atoms with Gasteiger partial charge in [-0.2, -0.15) is 0 Å². The van der Waals surface area contributed by atoms with Crippen LogP contribution in [0.3, 0.4) is 0 Å². The standard InChI is InChI=1S/C20H29NO5S/c1-15-8-10-18(11-9-15)27(24,25)13-12-19(22)26-16(2)20(23)21-14-17-6-4-3-5-7-17/h8-11,16-17H,3-7,12-14H2,1-2H3,(H,21,23). The first kappa shape index (κ1) is 21.4. The van der Waals surface area contributed by atoms with Crippen molar-refractivity contribution < 1.29 is 22.7 Å². The molecule has 27 heavy (non-hydrogen) atoms. The van der Waals surface area contributed by atoms with E-state index in [1.165, 1.54) is 38.3 Å². The van der Waals surface area contributed by atoms with Crippen LogP contribution in [0.2, 0.25) is 0 Å². The first-order valence-electron chi connectivity index (χ1n) is 9.54. The molecule has 1 atom stereocenters. The van der Waals surface area contributed by atoms with E-state index in [1.54, 1.807) is 12.1 Å². The Bertz CT molecular complexity index is 736. The lowest BCUT2D eigenvalue weighted by Gasteiger charge is -2.22. The number of amides is 1. The lowest BCUT2D eigenvalue weighted by atomic mass is 9.89. The van der Waals surface area contributed by atoms with Crippen LogP contribution in [0.5, 0.6) is 0 Å². The number of hydrogen-bond donors (Lipinski definition) is 1. The Kier molecular flexibility index (Phi) is 7.83. The van der Waals surface area contributed by atoms with Crippen molar-refractivity contribution in [3.63, 3.8) is 0 Å². The fourth-order valence-corrected chi connectivity index (χ4v) is 4.39. The highest BCUT2D eigenvalue weighted by Gasteiger charge is 2.22. The van der Waals surface area contributed by atoms with E-state index in [0.29, 0.717) is 12.5 Å². The summed E-state index contributed by atoms with van der Waals surface area (Å²) in [5, 5.41) is 2.83. The van der Waals surface area contributed by atoms with Gasteiger partial charge in [-0.15, -0.1) is 0 Å². The Hall–Kier alpha value is -1.89. The van der Waals surface area contributed by atoms with Crippen molar-refractivity contribution in [2.24, 2.45) is 5.92 Å². The van der Waals surface area contributed by atoms with E-state index in [1.807, 2.05) is 6.92 Å². The molecule has 1 saturated carbocycles. The van der Waals surface area contributed by atoms with E-state index >= 15 is 0 Å². The molecule has 1 aromatic rings.